The molecule has 0 unspecified atom stereocenters. The van der Waals surface area contributed by atoms with E-state index in [0.29, 0.717) is 36.0 Å². The van der Waals surface area contributed by atoms with Crippen LogP contribution in [0, 0.1) is 11.3 Å². The largest absolute Gasteiger partial charge is 0.496 e. The summed E-state index contributed by atoms with van der Waals surface area (Å²) >= 11 is 0. The monoisotopic (exact) mass is 840 g/mol. The van der Waals surface area contributed by atoms with Crippen LogP contribution < -0.4 is 30.1 Å². The van der Waals surface area contributed by atoms with Crippen molar-refractivity contribution in [3.05, 3.63) is 36.0 Å². The van der Waals surface area contributed by atoms with Gasteiger partial charge < -0.3 is 39.8 Å². The Bertz CT molecular complexity index is 2130. The first-order valence-corrected chi connectivity index (χ1v) is 21.6. The lowest BCUT2D eigenvalue weighted by Gasteiger charge is -2.36. The Labute approximate surface area is 344 Å². The maximum atomic E-state index is 14.9. The van der Waals surface area contributed by atoms with E-state index in [2.05, 4.69) is 25.7 Å². The average molecular weight is 841 g/mol. The molecule has 2 saturated carbocycles. The van der Waals surface area contributed by atoms with E-state index < -0.39 is 85.8 Å². The number of hydrogen-bond donors (Lipinski definition) is 4. The molecule has 4 N–H and O–H groups in total. The molecule has 1 saturated heterocycles. The third-order valence-electron chi connectivity index (χ3n) is 11.0. The first kappa shape index (κ1) is 43.6. The summed E-state index contributed by atoms with van der Waals surface area (Å²) in [5, 5.41) is 8.98. The minimum Gasteiger partial charge on any atom is -0.496 e. The zero-order valence-electron chi connectivity index (χ0n) is 34.9. The molecule has 0 spiro atoms. The molecule has 0 radical (unpaired) electrons. The van der Waals surface area contributed by atoms with E-state index in [9.17, 15) is 32.4 Å². The van der Waals surface area contributed by atoms with Gasteiger partial charge in [0, 0.05) is 23.6 Å². The molecule has 3 fully saturated rings. The van der Waals surface area contributed by atoms with Gasteiger partial charge in [-0.3, -0.25) is 23.9 Å². The summed E-state index contributed by atoms with van der Waals surface area (Å²) in [5.74, 6) is -2.36. The SMILES string of the molecule is CC[C@@H]1C[C@]1(NC(=O)[C@@H]1C[C@@H]2CN1C(=O)[C@H](C(C)(C)C)NC(=O)[C@@H](NC(=O)OC(C)(C)C)COC/C=C/c1cc3c(nccc3cc1OC)O2)C(=O)NS(=O)(=O)C1CC1. The fourth-order valence-corrected chi connectivity index (χ4v) is 8.90. The fourth-order valence-electron chi connectivity index (χ4n) is 7.54. The van der Waals surface area contributed by atoms with Crippen LogP contribution in [0.4, 0.5) is 4.79 Å². The molecule has 18 heteroatoms. The molecular formula is C41H56N6O11S. The van der Waals surface area contributed by atoms with Crippen molar-refractivity contribution >= 4 is 56.6 Å². The van der Waals surface area contributed by atoms with Crippen molar-refractivity contribution in [2.75, 3.05) is 26.9 Å². The highest BCUT2D eigenvalue weighted by Crippen LogP contribution is 2.47. The molecular weight excluding hydrogens is 785 g/mol. The van der Waals surface area contributed by atoms with Gasteiger partial charge in [-0.25, -0.2) is 18.2 Å². The number of pyridine rings is 1. The normalized spacial score (nSPS) is 27.1. The summed E-state index contributed by atoms with van der Waals surface area (Å²) in [6.07, 6.45) is 5.04. The molecule has 59 heavy (non-hydrogen) atoms. The Morgan fingerprint density at radius 1 is 1.10 bits per heavy atom. The van der Waals surface area contributed by atoms with Gasteiger partial charge in [0.2, 0.25) is 33.6 Å². The summed E-state index contributed by atoms with van der Waals surface area (Å²) in [4.78, 5) is 75.9. The number of benzene rings is 1. The van der Waals surface area contributed by atoms with Gasteiger partial charge in [-0.2, -0.15) is 0 Å². The number of alkyl carbamates (subject to hydrolysis) is 1. The molecule has 2 aliphatic carbocycles. The van der Waals surface area contributed by atoms with E-state index >= 15 is 0 Å². The second-order valence-electron chi connectivity index (χ2n) is 17.8. The first-order valence-electron chi connectivity index (χ1n) is 20.0. The fraction of sp³-hybridized carbons (Fsp3) is 0.610. The zero-order valence-corrected chi connectivity index (χ0v) is 35.7. The summed E-state index contributed by atoms with van der Waals surface area (Å²) in [7, 11) is -2.37. The maximum absolute atomic E-state index is 14.9. The van der Waals surface area contributed by atoms with Crippen LogP contribution in [0.3, 0.4) is 0 Å². The Hall–Kier alpha value is -4.97. The highest BCUT2D eigenvalue weighted by Gasteiger charge is 2.62. The average Bonchev–Trinajstić information content (AvgIpc) is 4.08. The van der Waals surface area contributed by atoms with Crippen molar-refractivity contribution in [1.29, 1.82) is 0 Å². The molecule has 1 aromatic carbocycles. The smallest absolute Gasteiger partial charge is 0.408 e. The lowest BCUT2D eigenvalue weighted by molar-refractivity contribution is -0.145. The number of carbonyl (C=O) groups excluding carboxylic acids is 5. The minimum atomic E-state index is -3.91. The van der Waals surface area contributed by atoms with Crippen LogP contribution in [0.15, 0.2) is 30.5 Å². The minimum absolute atomic E-state index is 0.0190. The van der Waals surface area contributed by atoms with Gasteiger partial charge in [-0.05, 0) is 75.0 Å². The number of rotatable bonds is 8. The van der Waals surface area contributed by atoms with Crippen LogP contribution in [0.1, 0.15) is 86.1 Å². The number of sulfonamides is 1. The van der Waals surface area contributed by atoms with Gasteiger partial charge in [-0.1, -0.05) is 46.3 Å². The van der Waals surface area contributed by atoms with Crippen molar-refractivity contribution in [2.45, 2.75) is 121 Å². The molecule has 322 valence electrons. The summed E-state index contributed by atoms with van der Waals surface area (Å²) < 4.78 is 51.3. The predicted octanol–water partition coefficient (Wildman–Crippen LogP) is 2.95. The second kappa shape index (κ2) is 16.6. The molecule has 6 atom stereocenters. The lowest BCUT2D eigenvalue weighted by Crippen LogP contribution is -2.62. The van der Waals surface area contributed by atoms with Crippen molar-refractivity contribution in [2.24, 2.45) is 11.3 Å². The highest BCUT2D eigenvalue weighted by atomic mass is 32.2. The van der Waals surface area contributed by atoms with Gasteiger partial charge in [0.05, 0.1) is 32.1 Å². The molecule has 4 bridgehead atoms. The highest BCUT2D eigenvalue weighted by molar-refractivity contribution is 7.91. The summed E-state index contributed by atoms with van der Waals surface area (Å²) in [5.41, 5.74) is -2.63. The topological polar surface area (TPSA) is 221 Å². The van der Waals surface area contributed by atoms with Gasteiger partial charge >= 0.3 is 6.09 Å². The summed E-state index contributed by atoms with van der Waals surface area (Å²) in [6.45, 7) is 11.8. The van der Waals surface area contributed by atoms with Crippen molar-refractivity contribution in [3.8, 4) is 11.6 Å². The maximum Gasteiger partial charge on any atom is 0.408 e. The van der Waals surface area contributed by atoms with Gasteiger partial charge in [0.1, 0.15) is 41.1 Å². The van der Waals surface area contributed by atoms with Crippen LogP contribution in [-0.2, 0) is 38.7 Å². The first-order chi connectivity index (χ1) is 27.7. The quantitative estimate of drug-likeness (QED) is 0.302. The van der Waals surface area contributed by atoms with Gasteiger partial charge in [0.25, 0.3) is 5.91 Å². The number of fused-ring (bicyclic) bond motifs is 3. The van der Waals surface area contributed by atoms with Crippen LogP contribution in [0.25, 0.3) is 16.8 Å². The van der Waals surface area contributed by atoms with E-state index in [1.54, 1.807) is 73.1 Å². The second-order valence-corrected chi connectivity index (χ2v) is 19.8. The van der Waals surface area contributed by atoms with Crippen molar-refractivity contribution in [3.63, 3.8) is 0 Å². The molecule has 1 aromatic heterocycles. The number of aromatic nitrogens is 1. The van der Waals surface area contributed by atoms with E-state index in [1.165, 1.54) is 4.90 Å². The molecule has 4 aliphatic rings. The number of methoxy groups -OCH3 is 1. The van der Waals surface area contributed by atoms with E-state index in [4.69, 9.17) is 18.9 Å². The third-order valence-corrected chi connectivity index (χ3v) is 12.8. The van der Waals surface area contributed by atoms with Crippen LogP contribution in [0.5, 0.6) is 11.6 Å². The Balaban J connectivity index is 1.38. The van der Waals surface area contributed by atoms with Crippen LogP contribution in [-0.4, -0.2) is 116 Å². The number of ether oxygens (including phenoxy) is 4. The zero-order chi connectivity index (χ0) is 43.1. The van der Waals surface area contributed by atoms with Gasteiger partial charge in [0.15, 0.2) is 0 Å². The molecule has 3 heterocycles. The van der Waals surface area contributed by atoms with Gasteiger partial charge in [-0.15, -0.1) is 0 Å². The van der Waals surface area contributed by atoms with E-state index in [0.717, 1.165) is 5.39 Å². The number of nitrogens with zero attached hydrogens (tertiary/aromatic N) is 2. The standard InChI is InChI=1S/C41H56N6O11S/c1-9-25-20-41(25,37(51)46-59(53,54)27-12-13-27)45-34(49)30-19-26-21-47(30)36(50)32(39(2,3)4)44-33(48)29(43-38(52)58-40(5,6)7)22-56-16-10-11-24-17-28-23(18-31(24)55-8)14-15-42-35(28)57-26/h10-11,14-15,17-18,25-27,29-30,32H,9,12-13,16,19-22H2,1-8H3,(H,43,52)(H,44,48)(H,45,49)(H,46,51)/b11-10+/t25-,26-,29+,30+,32-,41-/m1/s1. The number of hydrogen-bond acceptors (Lipinski definition) is 12. The molecule has 17 nitrogen and oxygen atoms in total. The summed E-state index contributed by atoms with van der Waals surface area (Å²) in [6, 6.07) is 1.74. The third kappa shape index (κ3) is 9.91. The van der Waals surface area contributed by atoms with E-state index in [1.807, 2.05) is 19.1 Å². The van der Waals surface area contributed by atoms with Crippen molar-refractivity contribution < 1.29 is 51.3 Å². The lowest BCUT2D eigenvalue weighted by atomic mass is 9.85. The predicted molar refractivity (Wildman–Crippen MR) is 217 cm³/mol. The number of carbonyl (C=O) groups is 5. The molecule has 5 amide bonds. The Kier molecular flexibility index (Phi) is 12.3. The molecule has 6 rings (SSSR count). The Morgan fingerprint density at radius 3 is 2.46 bits per heavy atom. The number of nitrogens with one attached hydrogen (secondary N) is 4. The van der Waals surface area contributed by atoms with E-state index in [-0.39, 0.29) is 44.4 Å². The Morgan fingerprint density at radius 2 is 1.83 bits per heavy atom. The van der Waals surface area contributed by atoms with Crippen LogP contribution in [0.2, 0.25) is 0 Å². The molecule has 2 aromatic rings. The number of amides is 5. The van der Waals surface area contributed by atoms with Crippen LogP contribution >= 0.6 is 0 Å². The van der Waals surface area contributed by atoms with Crippen molar-refractivity contribution in [1.82, 2.24) is 30.6 Å². The molecule has 2 aliphatic heterocycles.